The monoisotopic (exact) mass is 286 g/mol. The molecule has 0 radical (unpaired) electrons. The van der Waals surface area contributed by atoms with Crippen LogP contribution in [0.3, 0.4) is 0 Å². The van der Waals surface area contributed by atoms with E-state index < -0.39 is 5.91 Å². The third-order valence-electron chi connectivity index (χ3n) is 2.96. The van der Waals surface area contributed by atoms with Gasteiger partial charge < -0.3 is 10.2 Å². The lowest BCUT2D eigenvalue weighted by atomic mass is 10.1. The van der Waals surface area contributed by atoms with E-state index in [4.69, 9.17) is 21.8 Å². The summed E-state index contributed by atoms with van der Waals surface area (Å²) in [6.07, 6.45) is 0.118. The van der Waals surface area contributed by atoms with E-state index >= 15 is 0 Å². The fourth-order valence-corrected chi connectivity index (χ4v) is 2.25. The number of amides is 1. The molecule has 1 amide bonds. The second-order valence-electron chi connectivity index (χ2n) is 4.44. The van der Waals surface area contributed by atoms with Crippen molar-refractivity contribution in [1.29, 1.82) is 0 Å². The summed E-state index contributed by atoms with van der Waals surface area (Å²) in [4.78, 5) is 15.3. The molecule has 1 heterocycles. The van der Waals surface area contributed by atoms with Gasteiger partial charge in [0, 0.05) is 10.6 Å². The highest BCUT2D eigenvalue weighted by molar-refractivity contribution is 6.31. The SMILES string of the molecule is NC(=O)Cc1ccc(-c2nc3ccccc3o2)cc1Cl. The highest BCUT2D eigenvalue weighted by atomic mass is 35.5. The number of hydrogen-bond donors (Lipinski definition) is 1. The number of halogens is 1. The van der Waals surface area contributed by atoms with Crippen LogP contribution in [0.15, 0.2) is 46.9 Å². The Hall–Kier alpha value is -2.33. The number of fused-ring (bicyclic) bond motifs is 1. The molecule has 4 nitrogen and oxygen atoms in total. The Labute approximate surface area is 120 Å². The van der Waals surface area contributed by atoms with Gasteiger partial charge in [-0.15, -0.1) is 0 Å². The van der Waals surface area contributed by atoms with E-state index in [-0.39, 0.29) is 6.42 Å². The Morgan fingerprint density at radius 3 is 2.75 bits per heavy atom. The second-order valence-corrected chi connectivity index (χ2v) is 4.84. The van der Waals surface area contributed by atoms with Crippen molar-refractivity contribution in [2.45, 2.75) is 6.42 Å². The van der Waals surface area contributed by atoms with Crippen LogP contribution in [0.5, 0.6) is 0 Å². The molecular weight excluding hydrogens is 276 g/mol. The number of hydrogen-bond acceptors (Lipinski definition) is 3. The molecular formula is C15H11ClN2O2. The van der Waals surface area contributed by atoms with Crippen molar-refractivity contribution in [3.63, 3.8) is 0 Å². The smallest absolute Gasteiger partial charge is 0.227 e. The summed E-state index contributed by atoms with van der Waals surface area (Å²) in [6.45, 7) is 0. The molecule has 0 spiro atoms. The van der Waals surface area contributed by atoms with Gasteiger partial charge in [-0.2, -0.15) is 0 Å². The molecule has 0 fully saturated rings. The third kappa shape index (κ3) is 2.38. The van der Waals surface area contributed by atoms with E-state index in [0.717, 1.165) is 16.7 Å². The van der Waals surface area contributed by atoms with Crippen LogP contribution < -0.4 is 5.73 Å². The number of nitrogens with two attached hydrogens (primary N) is 1. The van der Waals surface area contributed by atoms with Crippen molar-refractivity contribution in [2.75, 3.05) is 0 Å². The maximum atomic E-state index is 10.9. The largest absolute Gasteiger partial charge is 0.436 e. The Balaban J connectivity index is 2.01. The van der Waals surface area contributed by atoms with Crippen molar-refractivity contribution < 1.29 is 9.21 Å². The van der Waals surface area contributed by atoms with Crippen LogP contribution in [0.25, 0.3) is 22.6 Å². The number of nitrogens with zero attached hydrogens (tertiary/aromatic N) is 1. The fourth-order valence-electron chi connectivity index (χ4n) is 2.01. The average Bonchev–Trinajstić information content (AvgIpc) is 2.84. The van der Waals surface area contributed by atoms with Crippen LogP contribution >= 0.6 is 11.6 Å². The summed E-state index contributed by atoms with van der Waals surface area (Å²) in [7, 11) is 0. The number of oxazole rings is 1. The topological polar surface area (TPSA) is 69.1 Å². The van der Waals surface area contributed by atoms with E-state index in [1.807, 2.05) is 30.3 Å². The van der Waals surface area contributed by atoms with Gasteiger partial charge in [0.2, 0.25) is 11.8 Å². The van der Waals surface area contributed by atoms with Gasteiger partial charge in [-0.05, 0) is 29.8 Å². The predicted octanol–water partition coefficient (Wildman–Crippen LogP) is 3.18. The summed E-state index contributed by atoms with van der Waals surface area (Å²) in [5, 5.41) is 0.476. The lowest BCUT2D eigenvalue weighted by Crippen LogP contribution is -2.13. The van der Waals surface area contributed by atoms with Crippen LogP contribution in [0.2, 0.25) is 5.02 Å². The fraction of sp³-hybridized carbons (Fsp3) is 0.0667. The Morgan fingerprint density at radius 2 is 2.05 bits per heavy atom. The first-order valence-electron chi connectivity index (χ1n) is 6.06. The first-order valence-corrected chi connectivity index (χ1v) is 6.44. The molecule has 0 unspecified atom stereocenters. The average molecular weight is 287 g/mol. The van der Waals surface area contributed by atoms with E-state index in [0.29, 0.717) is 16.5 Å². The molecule has 0 aliphatic heterocycles. The molecule has 3 aromatic rings. The summed E-state index contributed by atoms with van der Waals surface area (Å²) < 4.78 is 5.67. The number of carbonyl (C=O) groups is 1. The van der Waals surface area contributed by atoms with Crippen molar-refractivity contribution in [1.82, 2.24) is 4.98 Å². The number of aromatic nitrogens is 1. The minimum Gasteiger partial charge on any atom is -0.436 e. The van der Waals surface area contributed by atoms with Crippen molar-refractivity contribution in [2.24, 2.45) is 5.73 Å². The van der Waals surface area contributed by atoms with Gasteiger partial charge >= 0.3 is 0 Å². The van der Waals surface area contributed by atoms with Crippen molar-refractivity contribution in [3.05, 3.63) is 53.1 Å². The van der Waals surface area contributed by atoms with Crippen LogP contribution in [0.1, 0.15) is 5.56 Å². The van der Waals surface area contributed by atoms with Crippen LogP contribution in [-0.4, -0.2) is 10.9 Å². The zero-order valence-corrected chi connectivity index (χ0v) is 11.2. The molecule has 0 bridgehead atoms. The van der Waals surface area contributed by atoms with Crippen molar-refractivity contribution >= 4 is 28.6 Å². The maximum Gasteiger partial charge on any atom is 0.227 e. The Kier molecular flexibility index (Phi) is 3.16. The number of primary amides is 1. The third-order valence-corrected chi connectivity index (χ3v) is 3.31. The highest BCUT2D eigenvalue weighted by Crippen LogP contribution is 2.28. The first kappa shape index (κ1) is 12.7. The molecule has 5 heteroatoms. The summed E-state index contributed by atoms with van der Waals surface area (Å²) in [6, 6.07) is 12.8. The van der Waals surface area contributed by atoms with E-state index in [9.17, 15) is 4.79 Å². The molecule has 0 atom stereocenters. The zero-order chi connectivity index (χ0) is 14.1. The van der Waals surface area contributed by atoms with Gasteiger partial charge in [0.1, 0.15) is 5.52 Å². The lowest BCUT2D eigenvalue weighted by molar-refractivity contribution is -0.117. The molecule has 3 rings (SSSR count). The van der Waals surface area contributed by atoms with Gasteiger partial charge in [0.05, 0.1) is 6.42 Å². The molecule has 0 saturated carbocycles. The lowest BCUT2D eigenvalue weighted by Gasteiger charge is -2.03. The molecule has 0 aliphatic carbocycles. The summed E-state index contributed by atoms with van der Waals surface area (Å²) in [5.41, 5.74) is 8.14. The van der Waals surface area contributed by atoms with E-state index in [2.05, 4.69) is 4.98 Å². The molecule has 100 valence electrons. The Bertz CT molecular complexity index is 762. The predicted molar refractivity (Wildman–Crippen MR) is 77.4 cm³/mol. The second kappa shape index (κ2) is 4.98. The van der Waals surface area contributed by atoms with Crippen LogP contribution in [0.4, 0.5) is 0 Å². The highest BCUT2D eigenvalue weighted by Gasteiger charge is 2.11. The van der Waals surface area contributed by atoms with Gasteiger partial charge in [0.15, 0.2) is 5.58 Å². The van der Waals surface area contributed by atoms with E-state index in [1.165, 1.54) is 0 Å². The van der Waals surface area contributed by atoms with Gasteiger partial charge in [-0.1, -0.05) is 29.8 Å². The minimum absolute atomic E-state index is 0.118. The van der Waals surface area contributed by atoms with Crippen LogP contribution in [0, 0.1) is 0 Å². The first-order chi connectivity index (χ1) is 9.63. The molecule has 1 aromatic heterocycles. The van der Waals surface area contributed by atoms with Gasteiger partial charge in [-0.25, -0.2) is 4.98 Å². The van der Waals surface area contributed by atoms with Crippen molar-refractivity contribution in [3.8, 4) is 11.5 Å². The standard InChI is InChI=1S/C15H11ClN2O2/c16-11-7-10(6-5-9(11)8-14(17)19)15-18-12-3-1-2-4-13(12)20-15/h1-7H,8H2,(H2,17,19). The van der Waals surface area contributed by atoms with Gasteiger partial charge in [0.25, 0.3) is 0 Å². The number of para-hydroxylation sites is 2. The zero-order valence-electron chi connectivity index (χ0n) is 10.5. The molecule has 2 N–H and O–H groups in total. The molecule has 0 aliphatic rings. The molecule has 0 saturated heterocycles. The normalized spacial score (nSPS) is 10.8. The minimum atomic E-state index is -0.415. The number of benzene rings is 2. The molecule has 20 heavy (non-hydrogen) atoms. The molecule has 2 aromatic carbocycles. The van der Waals surface area contributed by atoms with Gasteiger partial charge in [-0.3, -0.25) is 4.79 Å². The van der Waals surface area contributed by atoms with Crippen LogP contribution in [-0.2, 0) is 11.2 Å². The Morgan fingerprint density at radius 1 is 1.25 bits per heavy atom. The quantitative estimate of drug-likeness (QED) is 0.804. The summed E-state index contributed by atoms with van der Waals surface area (Å²) >= 11 is 6.14. The summed E-state index contributed by atoms with van der Waals surface area (Å²) in [5.74, 6) is 0.0836. The number of rotatable bonds is 3. The number of carbonyl (C=O) groups excluding carboxylic acids is 1. The maximum absolute atomic E-state index is 10.9. The van der Waals surface area contributed by atoms with E-state index in [1.54, 1.807) is 12.1 Å².